The second kappa shape index (κ2) is 11.3. The second-order valence-electron chi connectivity index (χ2n) is 6.53. The third-order valence-corrected chi connectivity index (χ3v) is 6.08. The molecule has 0 saturated heterocycles. The summed E-state index contributed by atoms with van der Waals surface area (Å²) in [5.74, 6) is 0.0310. The van der Waals surface area contributed by atoms with Gasteiger partial charge in [0.15, 0.2) is 0 Å². The minimum atomic E-state index is -0.960. The van der Waals surface area contributed by atoms with Gasteiger partial charge in [-0.05, 0) is 105 Å². The van der Waals surface area contributed by atoms with Crippen LogP contribution in [0.2, 0.25) is 0 Å². The van der Waals surface area contributed by atoms with Gasteiger partial charge in [0.1, 0.15) is 18.1 Å². The fraction of sp³-hybridized carbons (Fsp3) is 0.0870. The number of carbonyl (C=O) groups excluding carboxylic acids is 1. The van der Waals surface area contributed by atoms with E-state index in [1.807, 2.05) is 18.2 Å². The Morgan fingerprint density at radius 3 is 2.34 bits per heavy atom. The highest BCUT2D eigenvalue weighted by Gasteiger charge is 2.09. The minimum Gasteiger partial charge on any atom is -0.496 e. The molecule has 0 aliphatic rings. The topological polar surface area (TPSA) is 97.2 Å². The van der Waals surface area contributed by atoms with Crippen LogP contribution in [0, 0.1) is 7.14 Å². The molecule has 3 aromatic carbocycles. The molecule has 2 N–H and O–H groups in total. The molecule has 0 aromatic heterocycles. The number of carboxylic acid groups (broad SMARTS) is 1. The van der Waals surface area contributed by atoms with E-state index in [4.69, 9.17) is 14.6 Å². The third kappa shape index (κ3) is 6.42. The number of benzene rings is 3. The molecular weight excluding hydrogens is 638 g/mol. The summed E-state index contributed by atoms with van der Waals surface area (Å²) in [4.78, 5) is 23.2. The maximum Gasteiger partial charge on any atom is 0.335 e. The summed E-state index contributed by atoms with van der Waals surface area (Å²) in [5.41, 5.74) is 4.86. The number of hydrazone groups is 1. The molecule has 1 amide bonds. The van der Waals surface area contributed by atoms with E-state index in [1.165, 1.54) is 0 Å². The first kappa shape index (κ1) is 24.0. The Morgan fingerprint density at radius 1 is 0.969 bits per heavy atom. The largest absolute Gasteiger partial charge is 0.496 e. The van der Waals surface area contributed by atoms with Crippen molar-refractivity contribution in [3.8, 4) is 11.5 Å². The third-order valence-electron chi connectivity index (χ3n) is 4.34. The van der Waals surface area contributed by atoms with E-state index in [0.29, 0.717) is 23.7 Å². The van der Waals surface area contributed by atoms with Crippen LogP contribution in [-0.4, -0.2) is 30.3 Å². The van der Waals surface area contributed by atoms with Gasteiger partial charge in [0.25, 0.3) is 5.91 Å². The highest BCUT2D eigenvalue weighted by Crippen LogP contribution is 2.23. The van der Waals surface area contributed by atoms with Crippen LogP contribution in [0.1, 0.15) is 31.8 Å². The number of carboxylic acids is 1. The number of carbonyl (C=O) groups is 2. The molecule has 0 fully saturated rings. The molecule has 0 aliphatic carbocycles. The van der Waals surface area contributed by atoms with Crippen molar-refractivity contribution >= 4 is 63.3 Å². The summed E-state index contributed by atoms with van der Waals surface area (Å²) in [7, 11) is 1.56. The summed E-state index contributed by atoms with van der Waals surface area (Å²) >= 11 is 4.30. The van der Waals surface area contributed by atoms with Gasteiger partial charge in [-0.25, -0.2) is 10.2 Å². The molecule has 9 heteroatoms. The van der Waals surface area contributed by atoms with Crippen LogP contribution in [0.25, 0.3) is 0 Å². The molecule has 0 atom stereocenters. The van der Waals surface area contributed by atoms with Crippen LogP contribution in [-0.2, 0) is 6.61 Å². The Morgan fingerprint density at radius 2 is 1.69 bits per heavy atom. The van der Waals surface area contributed by atoms with E-state index in [0.717, 1.165) is 18.3 Å². The average molecular weight is 656 g/mol. The van der Waals surface area contributed by atoms with Crippen molar-refractivity contribution in [2.45, 2.75) is 6.61 Å². The molecule has 0 unspecified atom stereocenters. The zero-order valence-corrected chi connectivity index (χ0v) is 21.2. The lowest BCUT2D eigenvalue weighted by Crippen LogP contribution is -2.17. The van der Waals surface area contributed by atoms with Crippen LogP contribution in [0.5, 0.6) is 11.5 Å². The normalized spacial score (nSPS) is 10.7. The van der Waals surface area contributed by atoms with E-state index in [2.05, 4.69) is 55.7 Å². The van der Waals surface area contributed by atoms with Crippen LogP contribution in [0.4, 0.5) is 0 Å². The number of nitrogens with zero attached hydrogens (tertiary/aromatic N) is 1. The van der Waals surface area contributed by atoms with Crippen molar-refractivity contribution in [1.82, 2.24) is 5.43 Å². The van der Waals surface area contributed by atoms with E-state index in [-0.39, 0.29) is 11.5 Å². The summed E-state index contributed by atoms with van der Waals surface area (Å²) in [6.07, 6.45) is 1.55. The molecule has 0 heterocycles. The zero-order valence-electron chi connectivity index (χ0n) is 16.8. The van der Waals surface area contributed by atoms with Crippen molar-refractivity contribution < 1.29 is 24.2 Å². The highest BCUT2D eigenvalue weighted by molar-refractivity contribution is 14.1. The first-order valence-corrected chi connectivity index (χ1v) is 11.4. The predicted molar refractivity (Wildman–Crippen MR) is 138 cm³/mol. The van der Waals surface area contributed by atoms with Gasteiger partial charge >= 0.3 is 5.97 Å². The Balaban J connectivity index is 1.58. The van der Waals surface area contributed by atoms with Gasteiger partial charge < -0.3 is 14.6 Å². The Labute approximate surface area is 212 Å². The number of hydrogen-bond acceptors (Lipinski definition) is 5. The summed E-state index contributed by atoms with van der Waals surface area (Å²) in [6, 6.07) is 17.3. The van der Waals surface area contributed by atoms with Gasteiger partial charge in [0.2, 0.25) is 0 Å². The lowest BCUT2D eigenvalue weighted by molar-refractivity contribution is 0.0696. The number of rotatable bonds is 8. The van der Waals surface area contributed by atoms with Crippen molar-refractivity contribution in [3.63, 3.8) is 0 Å². The van der Waals surface area contributed by atoms with Gasteiger partial charge in [0.05, 0.1) is 26.0 Å². The van der Waals surface area contributed by atoms with Crippen molar-refractivity contribution in [2.24, 2.45) is 5.10 Å². The molecule has 0 spiro atoms. The number of halogens is 2. The second-order valence-corrected chi connectivity index (χ2v) is 8.85. The first-order valence-electron chi connectivity index (χ1n) is 9.29. The smallest absolute Gasteiger partial charge is 0.335 e. The summed E-state index contributed by atoms with van der Waals surface area (Å²) in [5, 5.41) is 13.0. The van der Waals surface area contributed by atoms with Crippen LogP contribution >= 0.6 is 45.2 Å². The fourth-order valence-electron chi connectivity index (χ4n) is 2.65. The first-order chi connectivity index (χ1) is 15.4. The van der Waals surface area contributed by atoms with Crippen LogP contribution in [0.3, 0.4) is 0 Å². The monoisotopic (exact) mass is 656 g/mol. The molecule has 164 valence electrons. The SMILES string of the molecule is COc1cc(C(=O)N/N=C\c2ccc(OCc3ccc(C(=O)O)cc3)c(I)c2)ccc1I. The summed E-state index contributed by atoms with van der Waals surface area (Å²) in [6.45, 7) is 0.318. The van der Waals surface area contributed by atoms with Gasteiger partial charge in [0, 0.05) is 5.56 Å². The molecule has 3 aromatic rings. The molecular formula is C23H18I2N2O5. The van der Waals surface area contributed by atoms with Crippen LogP contribution < -0.4 is 14.9 Å². The molecule has 0 bridgehead atoms. The van der Waals surface area contributed by atoms with Crippen molar-refractivity contribution in [2.75, 3.05) is 7.11 Å². The van der Waals surface area contributed by atoms with Gasteiger partial charge in [-0.15, -0.1) is 0 Å². The van der Waals surface area contributed by atoms with Crippen LogP contribution in [0.15, 0.2) is 65.8 Å². The number of hydrogen-bond donors (Lipinski definition) is 2. The van der Waals surface area contributed by atoms with E-state index >= 15 is 0 Å². The molecule has 3 rings (SSSR count). The number of ether oxygens (including phenoxy) is 2. The molecule has 7 nitrogen and oxygen atoms in total. The molecule has 0 saturated carbocycles. The summed E-state index contributed by atoms with van der Waals surface area (Å²) < 4.78 is 12.9. The van der Waals surface area contributed by atoms with Gasteiger partial charge in [-0.1, -0.05) is 12.1 Å². The van der Waals surface area contributed by atoms with E-state index in [1.54, 1.807) is 55.8 Å². The lowest BCUT2D eigenvalue weighted by atomic mass is 10.1. The van der Waals surface area contributed by atoms with E-state index in [9.17, 15) is 9.59 Å². The predicted octanol–water partition coefficient (Wildman–Crippen LogP) is 4.95. The quantitative estimate of drug-likeness (QED) is 0.204. The molecule has 32 heavy (non-hydrogen) atoms. The molecule has 0 radical (unpaired) electrons. The number of nitrogens with one attached hydrogen (secondary N) is 1. The zero-order chi connectivity index (χ0) is 23.1. The maximum atomic E-state index is 12.3. The number of amides is 1. The fourth-order valence-corrected chi connectivity index (χ4v) is 3.90. The Hall–Kier alpha value is -2.67. The van der Waals surface area contributed by atoms with E-state index < -0.39 is 5.97 Å². The maximum absolute atomic E-state index is 12.3. The molecule has 0 aliphatic heterocycles. The van der Waals surface area contributed by atoms with Crippen molar-refractivity contribution in [1.29, 1.82) is 0 Å². The average Bonchev–Trinajstić information content (AvgIpc) is 2.79. The number of aromatic carboxylic acids is 1. The lowest BCUT2D eigenvalue weighted by Gasteiger charge is -2.09. The Bertz CT molecular complexity index is 1160. The standard InChI is InChI=1S/C23H18I2N2O5/c1-31-21-11-17(7-8-18(21)24)22(28)27-26-12-15-4-9-20(19(25)10-15)32-13-14-2-5-16(6-3-14)23(29)30/h2-12H,13H2,1H3,(H,27,28)(H,29,30)/b26-12-. The van der Waals surface area contributed by atoms with Gasteiger partial charge in [-0.3, -0.25) is 4.79 Å². The minimum absolute atomic E-state index is 0.236. The number of methoxy groups -OCH3 is 1. The highest BCUT2D eigenvalue weighted by atomic mass is 127. The Kier molecular flexibility index (Phi) is 8.45. The van der Waals surface area contributed by atoms with Gasteiger partial charge in [-0.2, -0.15) is 5.10 Å². The van der Waals surface area contributed by atoms with Crippen molar-refractivity contribution in [3.05, 3.63) is 90.1 Å².